The van der Waals surface area contributed by atoms with Crippen LogP contribution < -0.4 is 10.2 Å². The molecule has 0 bridgehead atoms. The quantitative estimate of drug-likeness (QED) is 0.900. The molecular weight excluding hydrogens is 266 g/mol. The molecule has 2 amide bonds. The molecule has 1 aliphatic rings. The molecule has 2 unspecified atom stereocenters. The number of nitrogens with zero attached hydrogens (tertiary/aromatic N) is 1. The van der Waals surface area contributed by atoms with Gasteiger partial charge in [0, 0.05) is 11.8 Å². The SMILES string of the molecule is CC1NC(=O)C(C(C)C)N(c2ccc(F)c(F)c2)C1=O. The molecule has 1 N–H and O–H groups in total. The maximum Gasteiger partial charge on any atom is 0.250 e. The van der Waals surface area contributed by atoms with Crippen LogP contribution in [0, 0.1) is 17.6 Å². The van der Waals surface area contributed by atoms with Crippen molar-refractivity contribution in [2.45, 2.75) is 32.9 Å². The third-order valence-electron chi connectivity index (χ3n) is 3.33. The molecule has 4 nitrogen and oxygen atoms in total. The zero-order valence-corrected chi connectivity index (χ0v) is 11.5. The van der Waals surface area contributed by atoms with Crippen LogP contribution in [0.15, 0.2) is 18.2 Å². The minimum absolute atomic E-state index is 0.153. The standard InChI is InChI=1S/C14H16F2N2O2/c1-7(2)12-13(19)17-8(3)14(20)18(12)9-4-5-10(15)11(16)6-9/h4-8,12H,1-3H3,(H,17,19). The van der Waals surface area contributed by atoms with Crippen LogP contribution in [0.3, 0.4) is 0 Å². The predicted molar refractivity (Wildman–Crippen MR) is 70.1 cm³/mol. The summed E-state index contributed by atoms with van der Waals surface area (Å²) in [6, 6.07) is 1.77. The van der Waals surface area contributed by atoms with Crippen LogP contribution in [0.25, 0.3) is 0 Å². The molecule has 1 fully saturated rings. The average molecular weight is 282 g/mol. The number of nitrogens with one attached hydrogen (secondary N) is 1. The zero-order valence-electron chi connectivity index (χ0n) is 11.5. The van der Waals surface area contributed by atoms with Gasteiger partial charge in [0.15, 0.2) is 11.6 Å². The minimum Gasteiger partial charge on any atom is -0.343 e. The molecule has 0 radical (unpaired) electrons. The van der Waals surface area contributed by atoms with Gasteiger partial charge in [-0.05, 0) is 25.0 Å². The number of amides is 2. The van der Waals surface area contributed by atoms with E-state index in [1.165, 1.54) is 11.0 Å². The fourth-order valence-corrected chi connectivity index (χ4v) is 2.35. The summed E-state index contributed by atoms with van der Waals surface area (Å²) in [6.07, 6.45) is 0. The van der Waals surface area contributed by atoms with E-state index in [4.69, 9.17) is 0 Å². The number of rotatable bonds is 2. The van der Waals surface area contributed by atoms with Crippen LogP contribution in [-0.2, 0) is 9.59 Å². The lowest BCUT2D eigenvalue weighted by Crippen LogP contribution is -2.64. The van der Waals surface area contributed by atoms with Crippen LogP contribution in [0.4, 0.5) is 14.5 Å². The molecule has 0 saturated carbocycles. The van der Waals surface area contributed by atoms with Crippen molar-refractivity contribution in [3.63, 3.8) is 0 Å². The second kappa shape index (κ2) is 5.19. The van der Waals surface area contributed by atoms with Crippen molar-refractivity contribution < 1.29 is 18.4 Å². The van der Waals surface area contributed by atoms with Crippen LogP contribution >= 0.6 is 0 Å². The maximum absolute atomic E-state index is 13.4. The summed E-state index contributed by atoms with van der Waals surface area (Å²) in [5.74, 6) is -2.82. The van der Waals surface area contributed by atoms with E-state index in [9.17, 15) is 18.4 Å². The summed E-state index contributed by atoms with van der Waals surface area (Å²) in [5, 5.41) is 2.59. The van der Waals surface area contributed by atoms with Gasteiger partial charge in [-0.2, -0.15) is 0 Å². The first kappa shape index (κ1) is 14.4. The van der Waals surface area contributed by atoms with E-state index >= 15 is 0 Å². The van der Waals surface area contributed by atoms with Gasteiger partial charge in [0.2, 0.25) is 11.8 Å². The first-order valence-corrected chi connectivity index (χ1v) is 6.41. The monoisotopic (exact) mass is 282 g/mol. The lowest BCUT2D eigenvalue weighted by molar-refractivity contribution is -0.134. The average Bonchev–Trinajstić information content (AvgIpc) is 2.36. The van der Waals surface area contributed by atoms with Gasteiger partial charge in [0.1, 0.15) is 12.1 Å². The highest BCUT2D eigenvalue weighted by Gasteiger charge is 2.41. The summed E-state index contributed by atoms with van der Waals surface area (Å²) in [5.41, 5.74) is 0.189. The fourth-order valence-electron chi connectivity index (χ4n) is 2.35. The highest BCUT2D eigenvalue weighted by Crippen LogP contribution is 2.26. The molecule has 0 aromatic heterocycles. The Balaban J connectivity index is 2.49. The Morgan fingerprint density at radius 2 is 1.85 bits per heavy atom. The molecular formula is C14H16F2N2O2. The summed E-state index contributed by atoms with van der Waals surface area (Å²) in [4.78, 5) is 25.6. The lowest BCUT2D eigenvalue weighted by Gasteiger charge is -2.39. The van der Waals surface area contributed by atoms with Crippen molar-refractivity contribution in [1.29, 1.82) is 0 Å². The smallest absolute Gasteiger partial charge is 0.250 e. The Morgan fingerprint density at radius 3 is 2.40 bits per heavy atom. The second-order valence-corrected chi connectivity index (χ2v) is 5.23. The van der Waals surface area contributed by atoms with E-state index in [0.29, 0.717) is 0 Å². The Morgan fingerprint density at radius 1 is 1.20 bits per heavy atom. The van der Waals surface area contributed by atoms with Crippen molar-refractivity contribution in [3.05, 3.63) is 29.8 Å². The van der Waals surface area contributed by atoms with E-state index in [2.05, 4.69) is 5.32 Å². The molecule has 1 saturated heterocycles. The first-order valence-electron chi connectivity index (χ1n) is 6.41. The molecule has 2 rings (SSSR count). The van der Waals surface area contributed by atoms with Gasteiger partial charge < -0.3 is 5.32 Å². The van der Waals surface area contributed by atoms with E-state index < -0.39 is 23.7 Å². The number of halogens is 2. The molecule has 0 aliphatic carbocycles. The number of benzene rings is 1. The minimum atomic E-state index is -1.04. The van der Waals surface area contributed by atoms with Crippen LogP contribution in [0.2, 0.25) is 0 Å². The van der Waals surface area contributed by atoms with Crippen LogP contribution in [-0.4, -0.2) is 23.9 Å². The van der Waals surface area contributed by atoms with Gasteiger partial charge in [-0.15, -0.1) is 0 Å². The van der Waals surface area contributed by atoms with Crippen LogP contribution in [0.5, 0.6) is 0 Å². The van der Waals surface area contributed by atoms with Crippen molar-refractivity contribution in [3.8, 4) is 0 Å². The van der Waals surface area contributed by atoms with Crippen LogP contribution in [0.1, 0.15) is 20.8 Å². The van der Waals surface area contributed by atoms with Gasteiger partial charge >= 0.3 is 0 Å². The lowest BCUT2D eigenvalue weighted by atomic mass is 9.96. The normalized spacial score (nSPS) is 23.2. The van der Waals surface area contributed by atoms with Gasteiger partial charge in [-0.25, -0.2) is 8.78 Å². The van der Waals surface area contributed by atoms with Crippen molar-refractivity contribution in [1.82, 2.24) is 5.32 Å². The van der Waals surface area contributed by atoms with Crippen molar-refractivity contribution >= 4 is 17.5 Å². The van der Waals surface area contributed by atoms with Gasteiger partial charge in [0.05, 0.1) is 0 Å². The Hall–Kier alpha value is -1.98. The molecule has 1 aromatic carbocycles. The summed E-state index contributed by atoms with van der Waals surface area (Å²) in [6.45, 7) is 5.14. The molecule has 2 atom stereocenters. The highest BCUT2D eigenvalue weighted by atomic mass is 19.2. The molecule has 1 aliphatic heterocycles. The molecule has 6 heteroatoms. The summed E-state index contributed by atoms with van der Waals surface area (Å²) < 4.78 is 26.4. The number of piperazine rings is 1. The summed E-state index contributed by atoms with van der Waals surface area (Å²) in [7, 11) is 0. The van der Waals surface area contributed by atoms with Gasteiger partial charge in [-0.3, -0.25) is 14.5 Å². The van der Waals surface area contributed by atoms with E-state index in [1.807, 2.05) is 0 Å². The maximum atomic E-state index is 13.4. The topological polar surface area (TPSA) is 49.4 Å². The van der Waals surface area contributed by atoms with E-state index in [-0.39, 0.29) is 23.4 Å². The molecule has 1 aromatic rings. The Kier molecular flexibility index (Phi) is 3.74. The number of hydrogen-bond donors (Lipinski definition) is 1. The number of carbonyl (C=O) groups excluding carboxylic acids is 2. The third kappa shape index (κ3) is 2.37. The number of anilines is 1. The number of carbonyl (C=O) groups is 2. The molecule has 20 heavy (non-hydrogen) atoms. The zero-order chi connectivity index (χ0) is 15.0. The number of hydrogen-bond acceptors (Lipinski definition) is 2. The molecule has 0 spiro atoms. The van der Waals surface area contributed by atoms with E-state index in [0.717, 1.165) is 12.1 Å². The second-order valence-electron chi connectivity index (χ2n) is 5.23. The van der Waals surface area contributed by atoms with Gasteiger partial charge in [-0.1, -0.05) is 13.8 Å². The van der Waals surface area contributed by atoms with E-state index in [1.54, 1.807) is 20.8 Å². The predicted octanol–water partition coefficient (Wildman–Crippen LogP) is 1.84. The Labute approximate surface area is 115 Å². The summed E-state index contributed by atoms with van der Waals surface area (Å²) >= 11 is 0. The van der Waals surface area contributed by atoms with Crippen molar-refractivity contribution in [2.75, 3.05) is 4.90 Å². The molecule has 1 heterocycles. The fraction of sp³-hybridized carbons (Fsp3) is 0.429. The van der Waals surface area contributed by atoms with Crippen molar-refractivity contribution in [2.24, 2.45) is 5.92 Å². The molecule has 108 valence electrons. The first-order chi connectivity index (χ1) is 9.32. The highest BCUT2D eigenvalue weighted by molar-refractivity contribution is 6.08. The Bertz CT molecular complexity index is 560. The largest absolute Gasteiger partial charge is 0.343 e. The third-order valence-corrected chi connectivity index (χ3v) is 3.33. The van der Waals surface area contributed by atoms with Gasteiger partial charge in [0.25, 0.3) is 0 Å².